The van der Waals surface area contributed by atoms with Gasteiger partial charge in [-0.25, -0.2) is 4.39 Å². The van der Waals surface area contributed by atoms with Gasteiger partial charge in [0.05, 0.1) is 11.1 Å². The molecule has 1 aromatic rings. The Morgan fingerprint density at radius 1 is 1.54 bits per heavy atom. The fourth-order valence-corrected chi connectivity index (χ4v) is 1.10. The fraction of sp³-hybridized carbons (Fsp3) is 0.250. The van der Waals surface area contributed by atoms with Gasteiger partial charge in [-0.1, -0.05) is 11.6 Å². The highest BCUT2D eigenvalue weighted by molar-refractivity contribution is 6.30. The average Bonchev–Trinajstić information content (AvgIpc) is 2.10. The van der Waals surface area contributed by atoms with Crippen LogP contribution in [0.4, 0.5) is 4.39 Å². The molecule has 1 unspecified atom stereocenters. The van der Waals surface area contributed by atoms with Crippen molar-refractivity contribution >= 4 is 11.6 Å². The van der Waals surface area contributed by atoms with Crippen LogP contribution in [0.1, 0.15) is 11.7 Å². The molecule has 0 spiro atoms. The van der Waals surface area contributed by atoms with Crippen LogP contribution < -0.4 is 5.73 Å². The third-order valence-electron chi connectivity index (χ3n) is 1.65. The van der Waals surface area contributed by atoms with Crippen LogP contribution in [-0.2, 0) is 0 Å². The van der Waals surface area contributed by atoms with E-state index in [2.05, 4.69) is 0 Å². The van der Waals surface area contributed by atoms with E-state index in [0.717, 1.165) is 12.1 Å². The predicted molar refractivity (Wildman–Crippen MR) is 47.1 cm³/mol. The van der Waals surface area contributed by atoms with Crippen LogP contribution in [0.3, 0.4) is 0 Å². The van der Waals surface area contributed by atoms with Gasteiger partial charge in [0.15, 0.2) is 0 Å². The maximum Gasteiger partial charge on any atom is 0.142 e. The van der Waals surface area contributed by atoms with Crippen LogP contribution >= 0.6 is 11.6 Å². The first-order valence-electron chi connectivity index (χ1n) is 3.62. The number of halogens is 2. The van der Waals surface area contributed by atoms with Gasteiger partial charge in [-0.15, -0.1) is 0 Å². The number of aromatic hydroxyl groups is 1. The molecule has 0 bridgehead atoms. The first kappa shape index (κ1) is 10.2. The van der Waals surface area contributed by atoms with Crippen molar-refractivity contribution in [1.82, 2.24) is 0 Å². The van der Waals surface area contributed by atoms with Crippen molar-refractivity contribution in [2.24, 2.45) is 5.73 Å². The molecule has 0 heterocycles. The topological polar surface area (TPSA) is 66.5 Å². The van der Waals surface area contributed by atoms with Crippen LogP contribution in [-0.4, -0.2) is 16.8 Å². The zero-order valence-electron chi connectivity index (χ0n) is 6.67. The van der Waals surface area contributed by atoms with Gasteiger partial charge in [0.1, 0.15) is 11.6 Å². The molecule has 0 aliphatic heterocycles. The Hall–Kier alpha value is -0.840. The Kier molecular flexibility index (Phi) is 3.08. The molecule has 5 heteroatoms. The lowest BCUT2D eigenvalue weighted by Crippen LogP contribution is -2.11. The lowest BCUT2D eigenvalue weighted by Gasteiger charge is -2.10. The molecule has 0 fully saturated rings. The van der Waals surface area contributed by atoms with Crippen molar-refractivity contribution in [1.29, 1.82) is 0 Å². The molecule has 13 heavy (non-hydrogen) atoms. The summed E-state index contributed by atoms with van der Waals surface area (Å²) in [5, 5.41) is 18.3. The first-order chi connectivity index (χ1) is 6.06. The summed E-state index contributed by atoms with van der Waals surface area (Å²) in [5.74, 6) is -0.952. The summed E-state index contributed by atoms with van der Waals surface area (Å²) in [6, 6.07) is 2.00. The van der Waals surface area contributed by atoms with Gasteiger partial charge in [0, 0.05) is 18.2 Å². The van der Waals surface area contributed by atoms with Crippen molar-refractivity contribution in [3.8, 4) is 5.75 Å². The number of aliphatic hydroxyl groups is 1. The summed E-state index contributed by atoms with van der Waals surface area (Å²) in [5.41, 5.74) is 5.19. The molecule has 3 nitrogen and oxygen atoms in total. The molecule has 0 saturated carbocycles. The minimum atomic E-state index is -1.08. The van der Waals surface area contributed by atoms with E-state index in [4.69, 9.17) is 17.3 Å². The summed E-state index contributed by atoms with van der Waals surface area (Å²) in [4.78, 5) is 0. The van der Waals surface area contributed by atoms with Gasteiger partial charge >= 0.3 is 0 Å². The van der Waals surface area contributed by atoms with E-state index in [-0.39, 0.29) is 22.9 Å². The molecule has 0 aliphatic carbocycles. The minimum absolute atomic E-state index is 0.0457. The normalized spacial score (nSPS) is 12.9. The van der Waals surface area contributed by atoms with Crippen LogP contribution in [0, 0.1) is 5.82 Å². The van der Waals surface area contributed by atoms with E-state index in [1.165, 1.54) is 0 Å². The number of rotatable bonds is 2. The van der Waals surface area contributed by atoms with Gasteiger partial charge in [0.2, 0.25) is 0 Å². The Morgan fingerprint density at radius 3 is 2.69 bits per heavy atom. The molecule has 0 aromatic heterocycles. The molecular weight excluding hydrogens is 197 g/mol. The molecule has 0 amide bonds. The van der Waals surface area contributed by atoms with E-state index in [1.807, 2.05) is 0 Å². The third kappa shape index (κ3) is 2.09. The highest BCUT2D eigenvalue weighted by Gasteiger charge is 2.13. The van der Waals surface area contributed by atoms with Crippen molar-refractivity contribution in [3.05, 3.63) is 28.5 Å². The lowest BCUT2D eigenvalue weighted by atomic mass is 10.1. The first-order valence-corrected chi connectivity index (χ1v) is 4.00. The van der Waals surface area contributed by atoms with Crippen molar-refractivity contribution in [3.63, 3.8) is 0 Å². The molecule has 1 atom stereocenters. The average molecular weight is 206 g/mol. The quantitative estimate of drug-likeness (QED) is 0.679. The van der Waals surface area contributed by atoms with Crippen molar-refractivity contribution < 1.29 is 14.6 Å². The molecule has 72 valence electrons. The summed E-state index contributed by atoms with van der Waals surface area (Å²) >= 11 is 5.39. The number of phenols is 1. The molecular formula is C8H9ClFNO2. The Balaban J connectivity index is 3.15. The summed E-state index contributed by atoms with van der Waals surface area (Å²) in [7, 11) is 0. The number of nitrogens with two attached hydrogens (primary N) is 1. The van der Waals surface area contributed by atoms with Crippen LogP contribution in [0.5, 0.6) is 5.75 Å². The summed E-state index contributed by atoms with van der Waals surface area (Å²) < 4.78 is 12.9. The van der Waals surface area contributed by atoms with E-state index < -0.39 is 11.9 Å². The van der Waals surface area contributed by atoms with Crippen LogP contribution in [0.25, 0.3) is 0 Å². The van der Waals surface area contributed by atoms with E-state index in [0.29, 0.717) is 0 Å². The largest absolute Gasteiger partial charge is 0.508 e. The van der Waals surface area contributed by atoms with E-state index in [9.17, 15) is 14.6 Å². The molecule has 0 aliphatic rings. The highest BCUT2D eigenvalue weighted by Crippen LogP contribution is 2.29. The van der Waals surface area contributed by atoms with Gasteiger partial charge in [0.25, 0.3) is 0 Å². The van der Waals surface area contributed by atoms with Crippen molar-refractivity contribution in [2.75, 3.05) is 6.54 Å². The number of phenolic OH excluding ortho intramolecular Hbond substituents is 1. The molecule has 1 rings (SSSR count). The third-order valence-corrected chi connectivity index (χ3v) is 1.94. The smallest absolute Gasteiger partial charge is 0.142 e. The number of benzene rings is 1. The maximum atomic E-state index is 12.9. The number of aliphatic hydroxyl groups excluding tert-OH is 1. The highest BCUT2D eigenvalue weighted by atomic mass is 35.5. The monoisotopic (exact) mass is 205 g/mol. The Bertz CT molecular complexity index is 319. The van der Waals surface area contributed by atoms with E-state index >= 15 is 0 Å². The standard InChI is InChI=1S/C8H9ClFNO2/c9-5-2-7(12)4(1-6(5)10)8(13)3-11/h1-2,8,12-13H,3,11H2. The minimum Gasteiger partial charge on any atom is -0.508 e. The van der Waals surface area contributed by atoms with Gasteiger partial charge < -0.3 is 15.9 Å². The molecule has 4 N–H and O–H groups in total. The van der Waals surface area contributed by atoms with Gasteiger partial charge in [-0.2, -0.15) is 0 Å². The second-order valence-corrected chi connectivity index (χ2v) is 2.98. The maximum absolute atomic E-state index is 12.9. The Labute approximate surface area is 79.6 Å². The second-order valence-electron chi connectivity index (χ2n) is 2.58. The zero-order chi connectivity index (χ0) is 10.0. The molecule has 1 aromatic carbocycles. The van der Waals surface area contributed by atoms with Gasteiger partial charge in [-0.05, 0) is 6.07 Å². The predicted octanol–water partition coefficient (Wildman–Crippen LogP) is 1.18. The molecule has 0 radical (unpaired) electrons. The van der Waals surface area contributed by atoms with Gasteiger partial charge in [-0.3, -0.25) is 0 Å². The molecule has 0 saturated heterocycles. The van der Waals surface area contributed by atoms with Crippen molar-refractivity contribution in [2.45, 2.75) is 6.10 Å². The summed E-state index contributed by atoms with van der Waals surface area (Å²) in [6.45, 7) is -0.0887. The Morgan fingerprint density at radius 2 is 2.15 bits per heavy atom. The van der Waals surface area contributed by atoms with E-state index in [1.54, 1.807) is 0 Å². The second kappa shape index (κ2) is 3.91. The fourth-order valence-electron chi connectivity index (χ4n) is 0.946. The lowest BCUT2D eigenvalue weighted by molar-refractivity contribution is 0.182. The number of hydrogen-bond acceptors (Lipinski definition) is 3. The number of hydrogen-bond donors (Lipinski definition) is 3. The SMILES string of the molecule is NCC(O)c1cc(F)c(Cl)cc1O. The zero-order valence-corrected chi connectivity index (χ0v) is 7.42. The van der Waals surface area contributed by atoms with Crippen LogP contribution in [0.15, 0.2) is 12.1 Å². The van der Waals surface area contributed by atoms with Crippen LogP contribution in [0.2, 0.25) is 5.02 Å². The summed E-state index contributed by atoms with van der Waals surface area (Å²) in [6.07, 6.45) is -1.08.